The fourth-order valence-electron chi connectivity index (χ4n) is 3.49. The molecule has 6 nitrogen and oxygen atoms in total. The van der Waals surface area contributed by atoms with Gasteiger partial charge in [-0.1, -0.05) is 36.0 Å². The first-order valence-electron chi connectivity index (χ1n) is 9.33. The van der Waals surface area contributed by atoms with Crippen molar-refractivity contribution < 1.29 is 0 Å². The lowest BCUT2D eigenvalue weighted by Gasteiger charge is -2.06. The molecule has 2 aromatic heterocycles. The van der Waals surface area contributed by atoms with E-state index in [0.29, 0.717) is 0 Å². The maximum Gasteiger partial charge on any atom is 0.209 e. The van der Waals surface area contributed by atoms with Crippen LogP contribution in [0.25, 0.3) is 21.8 Å². The molecule has 0 bridgehead atoms. The Kier molecular flexibility index (Phi) is 5.40. The van der Waals surface area contributed by atoms with E-state index in [-0.39, 0.29) is 0 Å². The van der Waals surface area contributed by atoms with E-state index < -0.39 is 0 Å². The van der Waals surface area contributed by atoms with Gasteiger partial charge in [0.25, 0.3) is 0 Å². The molecular weight excluding hydrogens is 356 g/mol. The highest BCUT2D eigenvalue weighted by molar-refractivity contribution is 7.99. The van der Waals surface area contributed by atoms with Gasteiger partial charge in [0.1, 0.15) is 0 Å². The maximum atomic E-state index is 3.99. The van der Waals surface area contributed by atoms with E-state index in [9.17, 15) is 0 Å². The fourth-order valence-corrected chi connectivity index (χ4v) is 4.28. The van der Waals surface area contributed by atoms with Gasteiger partial charge in [-0.3, -0.25) is 0 Å². The van der Waals surface area contributed by atoms with Gasteiger partial charge in [0.2, 0.25) is 5.16 Å². The molecule has 2 heterocycles. The molecule has 140 valence electrons. The molecule has 0 aliphatic carbocycles. The van der Waals surface area contributed by atoms with E-state index in [2.05, 4.69) is 74.8 Å². The molecular formula is C20H24N6S. The minimum Gasteiger partial charge on any atom is -0.341 e. The van der Waals surface area contributed by atoms with Gasteiger partial charge in [-0.25, -0.2) is 4.68 Å². The maximum absolute atomic E-state index is 3.99. The molecule has 0 aliphatic heterocycles. The average Bonchev–Trinajstić information content (AvgIpc) is 3.25. The van der Waals surface area contributed by atoms with Crippen molar-refractivity contribution in [3.63, 3.8) is 0 Å². The van der Waals surface area contributed by atoms with E-state index in [1.165, 1.54) is 27.4 Å². The molecule has 4 aromatic rings. The largest absolute Gasteiger partial charge is 0.341 e. The summed E-state index contributed by atoms with van der Waals surface area (Å²) in [6.45, 7) is 5.06. The summed E-state index contributed by atoms with van der Waals surface area (Å²) in [5.41, 5.74) is 3.96. The van der Waals surface area contributed by atoms with Crippen molar-refractivity contribution in [3.05, 3.63) is 48.0 Å². The lowest BCUT2D eigenvalue weighted by atomic mass is 10.1. The van der Waals surface area contributed by atoms with Crippen molar-refractivity contribution in [2.75, 3.05) is 12.3 Å². The smallest absolute Gasteiger partial charge is 0.209 e. The number of tetrazole rings is 1. The third-order valence-corrected chi connectivity index (χ3v) is 5.89. The van der Waals surface area contributed by atoms with E-state index in [4.69, 9.17) is 0 Å². The molecule has 0 radical (unpaired) electrons. The van der Waals surface area contributed by atoms with Crippen LogP contribution in [-0.4, -0.2) is 37.1 Å². The first-order chi connectivity index (χ1) is 13.3. The SMILES string of the molecule is CCn1c2ccccc2c2cc(CNCCCSc3nnnn3C)ccc21. The first-order valence-corrected chi connectivity index (χ1v) is 10.3. The lowest BCUT2D eigenvalue weighted by Crippen LogP contribution is -2.15. The second kappa shape index (κ2) is 8.10. The zero-order valence-electron chi connectivity index (χ0n) is 15.7. The van der Waals surface area contributed by atoms with Crippen LogP contribution in [0.4, 0.5) is 0 Å². The number of thioether (sulfide) groups is 1. The molecule has 2 aromatic carbocycles. The molecule has 0 saturated heterocycles. The summed E-state index contributed by atoms with van der Waals surface area (Å²) < 4.78 is 4.10. The number of benzene rings is 2. The molecule has 0 atom stereocenters. The Balaban J connectivity index is 1.37. The normalized spacial score (nSPS) is 11.6. The van der Waals surface area contributed by atoms with Crippen molar-refractivity contribution in [2.24, 2.45) is 7.05 Å². The molecule has 0 aliphatic rings. The quantitative estimate of drug-likeness (QED) is 0.374. The highest BCUT2D eigenvalue weighted by Crippen LogP contribution is 2.29. The summed E-state index contributed by atoms with van der Waals surface area (Å²) in [5.74, 6) is 1.00. The molecule has 0 unspecified atom stereocenters. The van der Waals surface area contributed by atoms with Crippen LogP contribution in [0.3, 0.4) is 0 Å². The first kappa shape index (κ1) is 18.0. The molecule has 0 fully saturated rings. The van der Waals surface area contributed by atoms with E-state index in [1.807, 2.05) is 7.05 Å². The van der Waals surface area contributed by atoms with Gasteiger partial charge in [0.05, 0.1) is 0 Å². The van der Waals surface area contributed by atoms with Crippen LogP contribution in [0.5, 0.6) is 0 Å². The zero-order chi connectivity index (χ0) is 18.6. The van der Waals surface area contributed by atoms with Crippen LogP contribution < -0.4 is 5.32 Å². The Morgan fingerprint density at radius 3 is 2.74 bits per heavy atom. The van der Waals surface area contributed by atoms with Gasteiger partial charge in [-0.2, -0.15) is 0 Å². The fraction of sp³-hybridized carbons (Fsp3) is 0.350. The number of para-hydroxylation sites is 1. The Morgan fingerprint density at radius 2 is 1.93 bits per heavy atom. The monoisotopic (exact) mass is 380 g/mol. The Hall–Kier alpha value is -2.38. The van der Waals surface area contributed by atoms with E-state index in [0.717, 1.165) is 37.0 Å². The number of aromatic nitrogens is 5. The number of nitrogens with one attached hydrogen (secondary N) is 1. The average molecular weight is 381 g/mol. The van der Waals surface area contributed by atoms with Crippen LogP contribution in [0.2, 0.25) is 0 Å². The molecule has 27 heavy (non-hydrogen) atoms. The third kappa shape index (κ3) is 3.70. The standard InChI is InChI=1S/C20H24N6S/c1-3-26-18-8-5-4-7-16(18)17-13-15(9-10-19(17)26)14-21-11-6-12-27-20-22-23-24-25(20)2/h4-5,7-10,13,21H,3,6,11-12,14H2,1-2H3. The minimum absolute atomic E-state index is 0.868. The predicted octanol–water partition coefficient (Wildman–Crippen LogP) is 3.61. The zero-order valence-corrected chi connectivity index (χ0v) is 16.5. The van der Waals surface area contributed by atoms with E-state index >= 15 is 0 Å². The predicted molar refractivity (Wildman–Crippen MR) is 111 cm³/mol. The Morgan fingerprint density at radius 1 is 1.07 bits per heavy atom. The summed E-state index contributed by atoms with van der Waals surface area (Å²) in [5, 5.41) is 18.6. The molecule has 0 saturated carbocycles. The Labute approximate surface area is 162 Å². The highest BCUT2D eigenvalue weighted by Gasteiger charge is 2.09. The summed E-state index contributed by atoms with van der Waals surface area (Å²) in [4.78, 5) is 0. The van der Waals surface area contributed by atoms with Crippen molar-refractivity contribution in [1.29, 1.82) is 0 Å². The molecule has 7 heteroatoms. The summed E-state index contributed by atoms with van der Waals surface area (Å²) in [6.07, 6.45) is 1.08. The number of nitrogens with zero attached hydrogens (tertiary/aromatic N) is 5. The molecule has 0 spiro atoms. The number of rotatable bonds is 8. The Bertz CT molecular complexity index is 1050. The van der Waals surface area contributed by atoms with Gasteiger partial charge in [-0.15, -0.1) is 5.10 Å². The summed E-state index contributed by atoms with van der Waals surface area (Å²) >= 11 is 1.69. The van der Waals surface area contributed by atoms with E-state index in [1.54, 1.807) is 16.4 Å². The number of fused-ring (bicyclic) bond motifs is 3. The van der Waals surface area contributed by atoms with Crippen LogP contribution in [0, 0.1) is 0 Å². The number of hydrogen-bond acceptors (Lipinski definition) is 5. The van der Waals surface area contributed by atoms with Crippen molar-refractivity contribution in [2.45, 2.75) is 31.6 Å². The summed E-state index contributed by atoms with van der Waals surface area (Å²) in [7, 11) is 1.87. The van der Waals surface area contributed by atoms with Crippen LogP contribution in [-0.2, 0) is 20.1 Å². The number of aryl methyl sites for hydroxylation is 2. The molecule has 4 rings (SSSR count). The van der Waals surface area contributed by atoms with Crippen molar-refractivity contribution in [3.8, 4) is 0 Å². The van der Waals surface area contributed by atoms with Crippen LogP contribution in [0.1, 0.15) is 18.9 Å². The minimum atomic E-state index is 0.868. The summed E-state index contributed by atoms with van der Waals surface area (Å²) in [6, 6.07) is 15.5. The van der Waals surface area contributed by atoms with Gasteiger partial charge >= 0.3 is 0 Å². The van der Waals surface area contributed by atoms with Gasteiger partial charge < -0.3 is 9.88 Å². The van der Waals surface area contributed by atoms with Crippen molar-refractivity contribution >= 4 is 33.6 Å². The van der Waals surface area contributed by atoms with Crippen LogP contribution >= 0.6 is 11.8 Å². The van der Waals surface area contributed by atoms with Gasteiger partial charge in [-0.05, 0) is 54.1 Å². The topological polar surface area (TPSA) is 60.6 Å². The van der Waals surface area contributed by atoms with Crippen molar-refractivity contribution in [1.82, 2.24) is 30.1 Å². The van der Waals surface area contributed by atoms with Gasteiger partial charge in [0.15, 0.2) is 0 Å². The highest BCUT2D eigenvalue weighted by atomic mass is 32.2. The molecule has 0 amide bonds. The second-order valence-electron chi connectivity index (χ2n) is 6.58. The lowest BCUT2D eigenvalue weighted by molar-refractivity contribution is 0.661. The molecule has 1 N–H and O–H groups in total. The second-order valence-corrected chi connectivity index (χ2v) is 7.64. The third-order valence-electron chi connectivity index (χ3n) is 4.79. The number of hydrogen-bond donors (Lipinski definition) is 1. The van der Waals surface area contributed by atoms with Crippen LogP contribution in [0.15, 0.2) is 47.6 Å². The van der Waals surface area contributed by atoms with Gasteiger partial charge in [0, 0.05) is 47.7 Å².